The normalized spacial score (nSPS) is 35.1. The predicted octanol–water partition coefficient (Wildman–Crippen LogP) is 4.59. The van der Waals surface area contributed by atoms with E-state index >= 15 is 0 Å². The first-order valence-corrected chi connectivity index (χ1v) is 17.1. The number of esters is 1. The van der Waals surface area contributed by atoms with Gasteiger partial charge < -0.3 is 25.9 Å². The van der Waals surface area contributed by atoms with Crippen molar-refractivity contribution in [2.45, 2.75) is 95.9 Å². The van der Waals surface area contributed by atoms with Crippen LogP contribution in [0.3, 0.4) is 0 Å². The van der Waals surface area contributed by atoms with E-state index in [9.17, 15) is 19.5 Å². The van der Waals surface area contributed by atoms with Crippen LogP contribution in [0.25, 0.3) is 0 Å². The van der Waals surface area contributed by atoms with Crippen molar-refractivity contribution in [3.05, 3.63) is 60.7 Å². The van der Waals surface area contributed by atoms with Crippen molar-refractivity contribution >= 4 is 29.4 Å². The smallest absolute Gasteiger partial charge is 0.316 e. The molecule has 0 spiro atoms. The molecule has 3 aliphatic carbocycles. The molecule has 5 N–H and O–H groups in total. The molecule has 1 aromatic heterocycles. The first-order chi connectivity index (χ1) is 21.3. The third kappa shape index (κ3) is 6.25. The third-order valence-corrected chi connectivity index (χ3v) is 12.6. The molecule has 2 bridgehead atoms. The van der Waals surface area contributed by atoms with Crippen LogP contribution in [-0.2, 0) is 32.1 Å². The van der Waals surface area contributed by atoms with Gasteiger partial charge in [-0.2, -0.15) is 0 Å². The number of aliphatic hydroxyl groups is 1. The van der Waals surface area contributed by atoms with Crippen molar-refractivity contribution in [3.8, 4) is 0 Å². The number of aliphatic hydroxyl groups excluding tert-OH is 1. The van der Waals surface area contributed by atoms with Crippen LogP contribution in [0.5, 0.6) is 0 Å². The number of benzene rings is 1. The van der Waals surface area contributed by atoms with Gasteiger partial charge in [0.25, 0.3) is 0 Å². The Morgan fingerprint density at radius 3 is 2.80 bits per heavy atom. The van der Waals surface area contributed by atoms with Gasteiger partial charge in [0.05, 0.1) is 24.2 Å². The van der Waals surface area contributed by atoms with Crippen LogP contribution >= 0.6 is 11.8 Å². The van der Waals surface area contributed by atoms with Gasteiger partial charge in [0, 0.05) is 52.9 Å². The van der Waals surface area contributed by atoms with Crippen molar-refractivity contribution < 1.29 is 24.2 Å². The van der Waals surface area contributed by atoms with E-state index in [4.69, 9.17) is 10.5 Å². The number of nitrogens with one attached hydrogen (secondary N) is 2. The fourth-order valence-electron chi connectivity index (χ4n) is 8.63. The minimum Gasteiger partial charge on any atom is -0.461 e. The second kappa shape index (κ2) is 13.0. The number of imidazole rings is 1. The number of aromatic nitrogens is 2. The molecule has 9 nitrogen and oxygen atoms in total. The monoisotopic (exact) mass is 636 g/mol. The van der Waals surface area contributed by atoms with Crippen LogP contribution in [0.1, 0.15) is 71.1 Å². The number of carbonyl (C=O) groups is 3. The van der Waals surface area contributed by atoms with E-state index in [1.165, 1.54) is 11.8 Å². The molecule has 1 aromatic carbocycles. The highest BCUT2D eigenvalue weighted by atomic mass is 32.2. The number of rotatable bonds is 10. The molecule has 2 aromatic rings. The summed E-state index contributed by atoms with van der Waals surface area (Å²) < 4.78 is 6.37. The molecule has 0 aliphatic heterocycles. The van der Waals surface area contributed by atoms with E-state index in [-0.39, 0.29) is 46.6 Å². The number of thioether (sulfide) groups is 1. The van der Waals surface area contributed by atoms with Gasteiger partial charge in [-0.15, -0.1) is 18.3 Å². The van der Waals surface area contributed by atoms with E-state index in [1.54, 1.807) is 12.5 Å². The highest BCUT2D eigenvalue weighted by molar-refractivity contribution is 8.00. The number of H-pyrrole nitrogens is 1. The molecule has 45 heavy (non-hydrogen) atoms. The summed E-state index contributed by atoms with van der Waals surface area (Å²) in [7, 11) is 0. The summed E-state index contributed by atoms with van der Waals surface area (Å²) in [6.07, 6.45) is 7.68. The molecule has 0 saturated heterocycles. The summed E-state index contributed by atoms with van der Waals surface area (Å²) in [5.41, 5.74) is 6.22. The zero-order valence-electron chi connectivity index (χ0n) is 26.9. The standard InChI is InChI=1S/C35H48N4O5S/c1-6-33(4)16-28(34(5)21(2)10-12-35(22(3)31(33)42)13-11-27(40)30(34)35)44-29(41)19-45-25-9-7-8-23(14-25)17-38-32(43)26(36)15-24-18-37-20-39-24/h6-9,14,18,20-22,26,28,30-31,42H,1,10-13,15-17,19,36H2,2-5H3,(H,37,39)(H,38,43)/t21?,22-,26+,28+,30?,31-,33+,34-,35?/m0/s1. The molecule has 3 fully saturated rings. The summed E-state index contributed by atoms with van der Waals surface area (Å²) in [5, 5.41) is 14.6. The van der Waals surface area contributed by atoms with Gasteiger partial charge in [-0.3, -0.25) is 14.4 Å². The van der Waals surface area contributed by atoms with Crippen LogP contribution in [0, 0.1) is 34.0 Å². The van der Waals surface area contributed by atoms with Gasteiger partial charge in [0.1, 0.15) is 11.9 Å². The quantitative estimate of drug-likeness (QED) is 0.168. The molecule has 1 amide bonds. The lowest BCUT2D eigenvalue weighted by atomic mass is 9.44. The number of amides is 1. The second-order valence-corrected chi connectivity index (χ2v) is 15.2. The van der Waals surface area contributed by atoms with Crippen LogP contribution in [0.2, 0.25) is 0 Å². The topological polar surface area (TPSA) is 147 Å². The summed E-state index contributed by atoms with van der Waals surface area (Å²) in [4.78, 5) is 47.4. The first-order valence-electron chi connectivity index (χ1n) is 16.1. The van der Waals surface area contributed by atoms with Crippen LogP contribution in [0.15, 0.2) is 54.3 Å². The molecule has 10 heteroatoms. The van der Waals surface area contributed by atoms with Gasteiger partial charge in [-0.1, -0.05) is 45.9 Å². The maximum atomic E-state index is 13.6. The number of hydrogen-bond donors (Lipinski definition) is 4. The zero-order chi connectivity index (χ0) is 32.6. The van der Waals surface area contributed by atoms with Gasteiger partial charge >= 0.3 is 5.97 Å². The Hall–Kier alpha value is -2.95. The Morgan fingerprint density at radius 2 is 2.09 bits per heavy atom. The maximum absolute atomic E-state index is 13.6. The number of nitrogens with two attached hydrogens (primary N) is 1. The van der Waals surface area contributed by atoms with E-state index in [0.717, 1.165) is 35.4 Å². The first kappa shape index (κ1) is 33.4. The SMILES string of the molecule is C=C[C@]1(C)C[C@@H](OC(=O)CSc2cccc(CNC(=O)[C@H](N)Cc3cnc[nH]3)c2)[C@]2(C)C(C)CCC3(CCC(=O)C32)[C@@H](C)[C@@H]1O. The number of ether oxygens (including phenoxy) is 1. The van der Waals surface area contributed by atoms with Crippen LogP contribution in [0.4, 0.5) is 0 Å². The van der Waals surface area contributed by atoms with Gasteiger partial charge in [0.15, 0.2) is 0 Å². The van der Waals surface area contributed by atoms with Crippen molar-refractivity contribution in [1.29, 1.82) is 0 Å². The van der Waals surface area contributed by atoms with E-state index in [0.29, 0.717) is 25.8 Å². The fraction of sp³-hybridized carbons (Fsp3) is 0.600. The zero-order valence-corrected chi connectivity index (χ0v) is 27.7. The molecule has 244 valence electrons. The predicted molar refractivity (Wildman–Crippen MR) is 174 cm³/mol. The Balaban J connectivity index is 1.27. The van der Waals surface area contributed by atoms with Crippen molar-refractivity contribution in [2.75, 3.05) is 5.75 Å². The molecule has 3 saturated carbocycles. The maximum Gasteiger partial charge on any atom is 0.316 e. The average Bonchev–Trinajstić information content (AvgIpc) is 3.67. The van der Waals surface area contributed by atoms with E-state index < -0.39 is 29.1 Å². The fourth-order valence-corrected chi connectivity index (χ4v) is 9.39. The van der Waals surface area contributed by atoms with E-state index in [1.807, 2.05) is 37.3 Å². The van der Waals surface area contributed by atoms with Crippen molar-refractivity contribution in [1.82, 2.24) is 15.3 Å². The molecule has 3 unspecified atom stereocenters. The molecule has 9 atom stereocenters. The van der Waals surface area contributed by atoms with Gasteiger partial charge in [-0.05, 0) is 60.6 Å². The minimum atomic E-state index is -0.697. The lowest BCUT2D eigenvalue weighted by Crippen LogP contribution is -2.63. The summed E-state index contributed by atoms with van der Waals surface area (Å²) >= 11 is 1.37. The van der Waals surface area contributed by atoms with Crippen LogP contribution < -0.4 is 11.1 Å². The number of aromatic amines is 1. The van der Waals surface area contributed by atoms with E-state index in [2.05, 4.69) is 42.6 Å². The molecule has 0 radical (unpaired) electrons. The number of Topliss-reactive ketones (excluding diaryl/α,β-unsaturated/α-hetero) is 1. The number of hydrogen-bond acceptors (Lipinski definition) is 8. The molecule has 5 rings (SSSR count). The highest BCUT2D eigenvalue weighted by Crippen LogP contribution is 2.68. The van der Waals surface area contributed by atoms with Gasteiger partial charge in [0.2, 0.25) is 5.91 Å². The highest BCUT2D eigenvalue weighted by Gasteiger charge is 2.68. The second-order valence-electron chi connectivity index (χ2n) is 14.1. The summed E-state index contributed by atoms with van der Waals surface area (Å²) in [5.74, 6) is -0.409. The van der Waals surface area contributed by atoms with Crippen molar-refractivity contribution in [3.63, 3.8) is 0 Å². The lowest BCUT2D eigenvalue weighted by molar-refractivity contribution is -0.205. The average molecular weight is 637 g/mol. The number of ketones is 1. The molecular weight excluding hydrogens is 588 g/mol. The number of nitrogens with zero attached hydrogens (tertiary/aromatic N) is 1. The molecule has 1 heterocycles. The number of carbonyl (C=O) groups excluding carboxylic acids is 3. The van der Waals surface area contributed by atoms with Gasteiger partial charge in [-0.25, -0.2) is 4.98 Å². The summed E-state index contributed by atoms with van der Waals surface area (Å²) in [6.45, 7) is 12.8. The Labute approximate surface area is 270 Å². The Kier molecular flexibility index (Phi) is 9.69. The molecular formula is C35H48N4O5S. The Morgan fingerprint density at radius 1 is 1.31 bits per heavy atom. The lowest BCUT2D eigenvalue weighted by Gasteiger charge is -2.61. The third-order valence-electron chi connectivity index (χ3n) is 11.6. The minimum absolute atomic E-state index is 0.0694. The Bertz CT molecular complexity index is 1420. The van der Waals surface area contributed by atoms with Crippen molar-refractivity contribution in [2.24, 2.45) is 39.7 Å². The largest absolute Gasteiger partial charge is 0.461 e. The summed E-state index contributed by atoms with van der Waals surface area (Å²) in [6, 6.07) is 6.97. The molecule has 3 aliphatic rings. The van der Waals surface area contributed by atoms with Crippen LogP contribution in [-0.4, -0.2) is 56.7 Å².